The van der Waals surface area contributed by atoms with E-state index in [0.29, 0.717) is 11.8 Å². The van der Waals surface area contributed by atoms with Gasteiger partial charge in [-0.05, 0) is 25.7 Å². The van der Waals surface area contributed by atoms with Crippen LogP contribution in [0.25, 0.3) is 0 Å². The first-order valence-electron chi connectivity index (χ1n) is 8.02. The highest BCUT2D eigenvalue weighted by atomic mass is 16.2. The van der Waals surface area contributed by atoms with Gasteiger partial charge in [0.25, 0.3) is 0 Å². The summed E-state index contributed by atoms with van der Waals surface area (Å²) in [4.78, 5) is 14.3. The second kappa shape index (κ2) is 11.1. The van der Waals surface area contributed by atoms with Crippen LogP contribution in [0.5, 0.6) is 0 Å². The molecule has 0 rings (SSSR count). The molecule has 112 valence electrons. The average molecular weight is 267 g/mol. The highest BCUT2D eigenvalue weighted by Crippen LogP contribution is 2.17. The summed E-state index contributed by atoms with van der Waals surface area (Å²) in [6.07, 6.45) is 10.2. The van der Waals surface area contributed by atoms with Crippen LogP contribution in [-0.4, -0.2) is 23.9 Å². The molecule has 0 saturated heterocycles. The van der Waals surface area contributed by atoms with E-state index >= 15 is 0 Å². The fourth-order valence-corrected chi connectivity index (χ4v) is 2.10. The molecule has 1 amide bonds. The summed E-state index contributed by atoms with van der Waals surface area (Å²) in [6, 6.07) is 0. The van der Waals surface area contributed by atoms with Crippen molar-refractivity contribution in [2.75, 3.05) is 13.1 Å². The van der Waals surface area contributed by atoms with Gasteiger partial charge in [-0.1, -0.05) is 59.1 Å². The minimum absolute atomic E-state index is 0.147. The number of allylic oxidation sites excluding steroid dienone is 1. The van der Waals surface area contributed by atoms with Crippen molar-refractivity contribution in [3.05, 3.63) is 12.2 Å². The molecule has 0 spiro atoms. The molecule has 0 saturated carbocycles. The Hall–Kier alpha value is -0.790. The van der Waals surface area contributed by atoms with E-state index in [0.717, 1.165) is 25.9 Å². The molecular weight excluding hydrogens is 234 g/mol. The largest absolute Gasteiger partial charge is 0.342 e. The minimum atomic E-state index is 0.147. The number of carbonyl (C=O) groups excluding carboxylic acids is 1. The van der Waals surface area contributed by atoms with Gasteiger partial charge in [0.1, 0.15) is 0 Å². The Morgan fingerprint density at radius 1 is 1.11 bits per heavy atom. The Balaban J connectivity index is 4.12. The van der Waals surface area contributed by atoms with Gasteiger partial charge in [0.2, 0.25) is 5.91 Å². The molecule has 0 aromatic rings. The lowest BCUT2D eigenvalue weighted by Crippen LogP contribution is -2.37. The van der Waals surface area contributed by atoms with E-state index < -0.39 is 0 Å². The van der Waals surface area contributed by atoms with E-state index in [4.69, 9.17) is 0 Å². The molecule has 2 unspecified atom stereocenters. The first-order chi connectivity index (χ1) is 9.08. The van der Waals surface area contributed by atoms with E-state index in [1.807, 2.05) is 4.90 Å². The molecule has 2 nitrogen and oxygen atoms in total. The van der Waals surface area contributed by atoms with Gasteiger partial charge in [0.15, 0.2) is 0 Å². The molecule has 0 radical (unpaired) electrons. The van der Waals surface area contributed by atoms with Crippen molar-refractivity contribution < 1.29 is 4.79 Å². The summed E-state index contributed by atoms with van der Waals surface area (Å²) >= 11 is 0. The predicted octanol–water partition coefficient (Wildman–Crippen LogP) is 4.65. The highest BCUT2D eigenvalue weighted by molar-refractivity contribution is 5.78. The third kappa shape index (κ3) is 7.39. The van der Waals surface area contributed by atoms with Crippen molar-refractivity contribution in [2.24, 2.45) is 11.8 Å². The lowest BCUT2D eigenvalue weighted by atomic mass is 9.92. The van der Waals surface area contributed by atoms with Gasteiger partial charge in [-0.25, -0.2) is 0 Å². The van der Waals surface area contributed by atoms with Crippen LogP contribution >= 0.6 is 0 Å². The summed E-state index contributed by atoms with van der Waals surface area (Å²) in [5.41, 5.74) is 0. The minimum Gasteiger partial charge on any atom is -0.342 e. The van der Waals surface area contributed by atoms with Crippen LogP contribution in [0.4, 0.5) is 0 Å². The number of nitrogens with zero attached hydrogens (tertiary/aromatic N) is 1. The molecule has 0 heterocycles. The fraction of sp³-hybridized carbons (Fsp3) is 0.824. The molecule has 2 heteroatoms. The summed E-state index contributed by atoms with van der Waals surface area (Å²) in [5.74, 6) is 0.939. The zero-order chi connectivity index (χ0) is 14.7. The Kier molecular flexibility index (Phi) is 10.6. The van der Waals surface area contributed by atoms with Gasteiger partial charge in [0.05, 0.1) is 0 Å². The van der Waals surface area contributed by atoms with Crippen molar-refractivity contribution in [1.82, 2.24) is 4.90 Å². The molecule has 19 heavy (non-hydrogen) atoms. The van der Waals surface area contributed by atoms with Gasteiger partial charge in [-0.15, -0.1) is 0 Å². The monoisotopic (exact) mass is 267 g/mol. The summed E-state index contributed by atoms with van der Waals surface area (Å²) in [6.45, 7) is 12.4. The van der Waals surface area contributed by atoms with E-state index in [1.54, 1.807) is 0 Å². The first kappa shape index (κ1) is 18.2. The van der Waals surface area contributed by atoms with Crippen LogP contribution in [0, 0.1) is 11.8 Å². The van der Waals surface area contributed by atoms with Crippen LogP contribution in [0.2, 0.25) is 0 Å². The zero-order valence-electron chi connectivity index (χ0n) is 13.6. The normalized spacial score (nSPS) is 14.6. The Morgan fingerprint density at radius 2 is 1.74 bits per heavy atom. The summed E-state index contributed by atoms with van der Waals surface area (Å²) in [7, 11) is 0. The Morgan fingerprint density at radius 3 is 2.26 bits per heavy atom. The lowest BCUT2D eigenvalue weighted by Gasteiger charge is -2.26. The number of rotatable bonds is 10. The predicted molar refractivity (Wildman–Crippen MR) is 84.2 cm³/mol. The molecule has 0 N–H and O–H groups in total. The number of hydrogen-bond acceptors (Lipinski definition) is 1. The molecule has 0 aliphatic heterocycles. The van der Waals surface area contributed by atoms with Crippen LogP contribution in [0.1, 0.15) is 66.7 Å². The van der Waals surface area contributed by atoms with Gasteiger partial charge >= 0.3 is 0 Å². The van der Waals surface area contributed by atoms with Crippen molar-refractivity contribution >= 4 is 5.91 Å². The third-order valence-electron chi connectivity index (χ3n) is 4.04. The number of amides is 1. The molecular formula is C17H33NO. The van der Waals surface area contributed by atoms with Crippen LogP contribution in [0.15, 0.2) is 12.2 Å². The maximum atomic E-state index is 12.3. The third-order valence-corrected chi connectivity index (χ3v) is 4.04. The Labute approximate surface area is 120 Å². The van der Waals surface area contributed by atoms with Crippen LogP contribution < -0.4 is 0 Å². The maximum Gasteiger partial charge on any atom is 0.225 e. The fourth-order valence-electron chi connectivity index (χ4n) is 2.10. The number of carbonyl (C=O) groups is 1. The average Bonchev–Trinajstić information content (AvgIpc) is 2.44. The smallest absolute Gasteiger partial charge is 0.225 e. The number of hydrogen-bond donors (Lipinski definition) is 0. The van der Waals surface area contributed by atoms with Gasteiger partial charge in [-0.2, -0.15) is 0 Å². The highest BCUT2D eigenvalue weighted by Gasteiger charge is 2.22. The van der Waals surface area contributed by atoms with E-state index in [-0.39, 0.29) is 5.92 Å². The summed E-state index contributed by atoms with van der Waals surface area (Å²) < 4.78 is 0. The van der Waals surface area contributed by atoms with Crippen LogP contribution in [0.3, 0.4) is 0 Å². The SMILES string of the molecule is CCCC/C=C/CCN(CC)C(=O)C(C)C(C)CC. The van der Waals surface area contributed by atoms with Crippen molar-refractivity contribution in [3.63, 3.8) is 0 Å². The molecule has 0 aromatic carbocycles. The van der Waals surface area contributed by atoms with E-state index in [2.05, 4.69) is 46.8 Å². The molecule has 0 aliphatic rings. The van der Waals surface area contributed by atoms with Crippen LogP contribution in [-0.2, 0) is 4.79 Å². The van der Waals surface area contributed by atoms with Gasteiger partial charge in [-0.3, -0.25) is 4.79 Å². The molecule has 2 atom stereocenters. The molecule has 0 aromatic heterocycles. The van der Waals surface area contributed by atoms with Crippen molar-refractivity contribution in [1.29, 1.82) is 0 Å². The zero-order valence-corrected chi connectivity index (χ0v) is 13.6. The van der Waals surface area contributed by atoms with Crippen molar-refractivity contribution in [2.45, 2.75) is 66.7 Å². The molecule has 0 aliphatic carbocycles. The van der Waals surface area contributed by atoms with Gasteiger partial charge < -0.3 is 4.90 Å². The standard InChI is InChI=1S/C17H33NO/c1-6-9-10-11-12-13-14-18(8-3)17(19)16(5)15(4)7-2/h11-12,15-16H,6-10,13-14H2,1-5H3/b12-11+. The topological polar surface area (TPSA) is 20.3 Å². The second-order valence-electron chi connectivity index (χ2n) is 5.49. The number of unbranched alkanes of at least 4 members (excludes halogenated alkanes) is 2. The van der Waals surface area contributed by atoms with E-state index in [1.165, 1.54) is 19.3 Å². The second-order valence-corrected chi connectivity index (χ2v) is 5.49. The maximum absolute atomic E-state index is 12.3. The first-order valence-corrected chi connectivity index (χ1v) is 8.02. The lowest BCUT2D eigenvalue weighted by molar-refractivity contribution is -0.136. The van der Waals surface area contributed by atoms with Crippen molar-refractivity contribution in [3.8, 4) is 0 Å². The Bertz CT molecular complexity index is 260. The molecule has 0 fully saturated rings. The molecule has 0 bridgehead atoms. The van der Waals surface area contributed by atoms with Gasteiger partial charge in [0, 0.05) is 19.0 Å². The summed E-state index contributed by atoms with van der Waals surface area (Å²) in [5, 5.41) is 0. The quantitative estimate of drug-likeness (QED) is 0.416. The van der Waals surface area contributed by atoms with E-state index in [9.17, 15) is 4.79 Å².